The molecule has 0 aliphatic carbocycles. The van der Waals surface area contributed by atoms with Gasteiger partial charge in [-0.3, -0.25) is 9.78 Å². The van der Waals surface area contributed by atoms with Gasteiger partial charge in [-0.2, -0.15) is 0 Å². The summed E-state index contributed by atoms with van der Waals surface area (Å²) in [7, 11) is 2.08. The number of nitrogens with one attached hydrogen (secondary N) is 1. The highest BCUT2D eigenvalue weighted by Crippen LogP contribution is 2.22. The summed E-state index contributed by atoms with van der Waals surface area (Å²) in [5.41, 5.74) is 2.18. The van der Waals surface area contributed by atoms with Crippen LogP contribution in [-0.4, -0.2) is 55.7 Å². The molecule has 1 aliphatic heterocycles. The Labute approximate surface area is 146 Å². The Bertz CT molecular complexity index is 745. The number of nitrogens with zero attached hydrogens (tertiary/aromatic N) is 2. The summed E-state index contributed by atoms with van der Waals surface area (Å²) in [6.07, 6.45) is 0. The van der Waals surface area contributed by atoms with E-state index in [4.69, 9.17) is 16.3 Å². The third-order valence-electron chi connectivity index (χ3n) is 4.24. The number of pyridine rings is 1. The van der Waals surface area contributed by atoms with Crippen LogP contribution in [0.4, 0.5) is 0 Å². The average molecular weight is 348 g/mol. The summed E-state index contributed by atoms with van der Waals surface area (Å²) < 4.78 is 5.60. The number of aromatic nitrogens is 1. The van der Waals surface area contributed by atoms with Crippen LogP contribution in [0.3, 0.4) is 0 Å². The maximum absolute atomic E-state index is 12.7. The molecule has 1 aromatic carbocycles. The number of amides is 1. The summed E-state index contributed by atoms with van der Waals surface area (Å²) in [5.74, 6) is 0.213. The van der Waals surface area contributed by atoms with E-state index in [0.717, 1.165) is 36.3 Å². The monoisotopic (exact) mass is 347 g/mol. The molecule has 5 nitrogen and oxygen atoms in total. The number of hydrogen-bond donors (Lipinski definition) is 1. The smallest absolute Gasteiger partial charge is 0.252 e. The van der Waals surface area contributed by atoms with Gasteiger partial charge in [-0.05, 0) is 32.2 Å². The number of hydrogen-bond acceptors (Lipinski definition) is 4. The van der Waals surface area contributed by atoms with Gasteiger partial charge in [0.25, 0.3) is 5.91 Å². The molecule has 24 heavy (non-hydrogen) atoms. The van der Waals surface area contributed by atoms with Gasteiger partial charge in [-0.25, -0.2) is 0 Å². The van der Waals surface area contributed by atoms with Gasteiger partial charge in [0.05, 0.1) is 24.3 Å². The molecule has 1 fully saturated rings. The summed E-state index contributed by atoms with van der Waals surface area (Å²) in [6, 6.07) is 7.24. The van der Waals surface area contributed by atoms with Crippen molar-refractivity contribution < 1.29 is 9.53 Å². The molecule has 3 rings (SSSR count). The first-order chi connectivity index (χ1) is 11.5. The maximum atomic E-state index is 12.7. The number of fused-ring (bicyclic) bond motifs is 1. The van der Waals surface area contributed by atoms with E-state index in [0.29, 0.717) is 29.7 Å². The Kier molecular flexibility index (Phi) is 5.33. The van der Waals surface area contributed by atoms with Crippen LogP contribution in [-0.2, 0) is 4.74 Å². The molecule has 1 atom stereocenters. The first kappa shape index (κ1) is 17.1. The molecular weight excluding hydrogens is 326 g/mol. The molecule has 1 aromatic heterocycles. The molecule has 0 bridgehead atoms. The zero-order chi connectivity index (χ0) is 17.1. The molecular formula is C18H22ClN3O2. The van der Waals surface area contributed by atoms with Crippen LogP contribution < -0.4 is 5.32 Å². The van der Waals surface area contributed by atoms with E-state index in [1.807, 2.05) is 19.1 Å². The van der Waals surface area contributed by atoms with Crippen LogP contribution in [0.15, 0.2) is 24.3 Å². The van der Waals surface area contributed by atoms with Crippen molar-refractivity contribution in [2.24, 2.45) is 5.92 Å². The third kappa shape index (κ3) is 4.04. The van der Waals surface area contributed by atoms with Crippen molar-refractivity contribution in [1.82, 2.24) is 15.2 Å². The Morgan fingerprint density at radius 1 is 1.46 bits per heavy atom. The van der Waals surface area contributed by atoms with Crippen LogP contribution >= 0.6 is 11.6 Å². The minimum Gasteiger partial charge on any atom is -0.380 e. The number of halogens is 1. The van der Waals surface area contributed by atoms with E-state index < -0.39 is 0 Å². The second kappa shape index (κ2) is 7.47. The van der Waals surface area contributed by atoms with Crippen molar-refractivity contribution in [3.8, 4) is 0 Å². The second-order valence-electron chi connectivity index (χ2n) is 6.39. The first-order valence-electron chi connectivity index (χ1n) is 8.14. The number of carbonyl (C=O) groups is 1. The van der Waals surface area contributed by atoms with Crippen molar-refractivity contribution >= 4 is 28.4 Å². The van der Waals surface area contributed by atoms with Gasteiger partial charge in [0.15, 0.2) is 0 Å². The Morgan fingerprint density at radius 3 is 3.12 bits per heavy atom. The fourth-order valence-electron chi connectivity index (χ4n) is 3.03. The molecule has 128 valence electrons. The van der Waals surface area contributed by atoms with E-state index in [-0.39, 0.29) is 5.91 Å². The lowest BCUT2D eigenvalue weighted by Gasteiger charge is -2.19. The predicted molar refractivity (Wildman–Crippen MR) is 95.6 cm³/mol. The zero-order valence-electron chi connectivity index (χ0n) is 14.0. The molecule has 1 amide bonds. The van der Waals surface area contributed by atoms with E-state index in [1.54, 1.807) is 12.1 Å². The van der Waals surface area contributed by atoms with Gasteiger partial charge in [0, 0.05) is 41.7 Å². The zero-order valence-corrected chi connectivity index (χ0v) is 14.8. The molecule has 0 radical (unpaired) electrons. The van der Waals surface area contributed by atoms with Crippen LogP contribution in [0.25, 0.3) is 10.9 Å². The van der Waals surface area contributed by atoms with E-state index in [1.165, 1.54) is 0 Å². The topological polar surface area (TPSA) is 54.5 Å². The second-order valence-corrected chi connectivity index (χ2v) is 6.82. The number of aryl methyl sites for hydroxylation is 1. The van der Waals surface area contributed by atoms with Crippen molar-refractivity contribution in [2.75, 3.05) is 39.9 Å². The molecule has 1 saturated heterocycles. The maximum Gasteiger partial charge on any atom is 0.252 e. The van der Waals surface area contributed by atoms with Gasteiger partial charge in [0.2, 0.25) is 0 Å². The quantitative estimate of drug-likeness (QED) is 0.927. The Balaban J connectivity index is 1.76. The molecule has 0 saturated carbocycles. The van der Waals surface area contributed by atoms with Gasteiger partial charge in [0.1, 0.15) is 0 Å². The number of rotatable bonds is 3. The van der Waals surface area contributed by atoms with Crippen LogP contribution in [0.5, 0.6) is 0 Å². The molecule has 2 aromatic rings. The summed E-state index contributed by atoms with van der Waals surface area (Å²) in [6.45, 7) is 5.75. The highest BCUT2D eigenvalue weighted by molar-refractivity contribution is 6.31. The molecule has 0 unspecified atom stereocenters. The highest BCUT2D eigenvalue weighted by Gasteiger charge is 2.18. The van der Waals surface area contributed by atoms with Crippen LogP contribution in [0.1, 0.15) is 16.1 Å². The van der Waals surface area contributed by atoms with Crippen molar-refractivity contribution in [2.45, 2.75) is 6.92 Å². The lowest BCUT2D eigenvalue weighted by atomic mass is 10.1. The molecule has 0 spiro atoms. The lowest BCUT2D eigenvalue weighted by Crippen LogP contribution is -2.36. The molecule has 1 N–H and O–H groups in total. The van der Waals surface area contributed by atoms with Crippen LogP contribution in [0.2, 0.25) is 5.02 Å². The lowest BCUT2D eigenvalue weighted by molar-refractivity contribution is 0.0923. The average Bonchev–Trinajstić information content (AvgIpc) is 2.75. The summed E-state index contributed by atoms with van der Waals surface area (Å²) in [5, 5.41) is 4.48. The standard InChI is InChI=1S/C18H22ClN3O2/c1-12-7-16(15-4-3-14(19)8-17(15)21-12)18(23)20-9-13-10-22(2)5-6-24-11-13/h3-4,7-8,13H,5-6,9-11H2,1-2H3,(H,20,23)/t13-/m0/s1. The summed E-state index contributed by atoms with van der Waals surface area (Å²) >= 11 is 6.04. The Hall–Kier alpha value is -1.69. The fourth-order valence-corrected chi connectivity index (χ4v) is 3.20. The predicted octanol–water partition coefficient (Wildman–Crippen LogP) is 2.50. The normalized spacial score (nSPS) is 19.2. The molecule has 1 aliphatic rings. The number of ether oxygens (including phenoxy) is 1. The SMILES string of the molecule is Cc1cc(C(=O)NC[C@@H]2COCCN(C)C2)c2ccc(Cl)cc2n1. The van der Waals surface area contributed by atoms with Crippen molar-refractivity contribution in [3.05, 3.63) is 40.5 Å². The largest absolute Gasteiger partial charge is 0.380 e. The third-order valence-corrected chi connectivity index (χ3v) is 4.47. The fraction of sp³-hybridized carbons (Fsp3) is 0.444. The van der Waals surface area contributed by atoms with Gasteiger partial charge < -0.3 is 15.0 Å². The van der Waals surface area contributed by atoms with Gasteiger partial charge in [-0.1, -0.05) is 17.7 Å². The molecule has 2 heterocycles. The van der Waals surface area contributed by atoms with E-state index >= 15 is 0 Å². The number of carbonyl (C=O) groups excluding carboxylic acids is 1. The first-order valence-corrected chi connectivity index (χ1v) is 8.52. The van der Waals surface area contributed by atoms with Crippen molar-refractivity contribution in [3.63, 3.8) is 0 Å². The molecule has 6 heteroatoms. The highest BCUT2D eigenvalue weighted by atomic mass is 35.5. The van der Waals surface area contributed by atoms with Gasteiger partial charge in [-0.15, -0.1) is 0 Å². The number of likely N-dealkylation sites (N-methyl/N-ethyl adjacent to an activating group) is 1. The summed E-state index contributed by atoms with van der Waals surface area (Å²) in [4.78, 5) is 19.4. The van der Waals surface area contributed by atoms with Crippen molar-refractivity contribution in [1.29, 1.82) is 0 Å². The number of benzene rings is 1. The van der Waals surface area contributed by atoms with Crippen LogP contribution in [0, 0.1) is 12.8 Å². The minimum absolute atomic E-state index is 0.0836. The Morgan fingerprint density at radius 2 is 2.29 bits per heavy atom. The van der Waals surface area contributed by atoms with E-state index in [2.05, 4.69) is 22.2 Å². The minimum atomic E-state index is -0.0836. The van der Waals surface area contributed by atoms with E-state index in [9.17, 15) is 4.79 Å². The van der Waals surface area contributed by atoms with Gasteiger partial charge >= 0.3 is 0 Å².